The number of thiazole rings is 6. The summed E-state index contributed by atoms with van der Waals surface area (Å²) in [4.78, 5) is 149. The van der Waals surface area contributed by atoms with E-state index in [2.05, 4.69) is 31.6 Å². The number of anilines is 2. The second-order valence-electron chi connectivity index (χ2n) is 21.9. The Balaban J connectivity index is 0.995. The number of carboxylic acids is 2. The van der Waals surface area contributed by atoms with E-state index < -0.39 is 84.1 Å². The Hall–Kier alpha value is -9.02. The van der Waals surface area contributed by atoms with Gasteiger partial charge in [-0.15, -0.1) is 68.0 Å². The number of rotatable bonds is 13. The van der Waals surface area contributed by atoms with Gasteiger partial charge in [-0.25, -0.2) is 44.7 Å². The lowest BCUT2D eigenvalue weighted by atomic mass is 9.81. The Labute approximate surface area is 554 Å². The van der Waals surface area contributed by atoms with Gasteiger partial charge in [-0.3, -0.25) is 38.5 Å². The Morgan fingerprint density at radius 1 is 0.677 bits per heavy atom. The summed E-state index contributed by atoms with van der Waals surface area (Å²) in [6, 6.07) is 12.0. The van der Waals surface area contributed by atoms with Crippen molar-refractivity contribution in [2.24, 2.45) is 17.8 Å². The third-order valence-corrected chi connectivity index (χ3v) is 21.1. The number of carboxylic acid groups (broad SMARTS) is 2. The quantitative estimate of drug-likeness (QED) is 0.0533. The zero-order chi connectivity index (χ0) is 65.8. The number of aliphatic hydroxyl groups is 1. The van der Waals surface area contributed by atoms with E-state index in [4.69, 9.17) is 39.6 Å². The Bertz CT molecular complexity index is 4310. The van der Waals surface area contributed by atoms with Gasteiger partial charge in [0.15, 0.2) is 5.82 Å². The molecule has 2 aliphatic rings. The van der Waals surface area contributed by atoms with Gasteiger partial charge in [0.2, 0.25) is 17.7 Å². The number of carbonyl (C=O) groups is 8. The van der Waals surface area contributed by atoms with Crippen LogP contribution in [0.15, 0.2) is 82.3 Å². The second-order valence-corrected chi connectivity index (χ2v) is 27.7. The van der Waals surface area contributed by atoms with Gasteiger partial charge in [-0.2, -0.15) is 0 Å². The first-order valence-electron chi connectivity index (χ1n) is 28.9. The topological polar surface area (TPSA) is 373 Å². The number of carbonyl (C=O) groups excluding carboxylic acids is 6. The van der Waals surface area contributed by atoms with Gasteiger partial charge in [-0.05, 0) is 68.4 Å². The third-order valence-electron chi connectivity index (χ3n) is 15.3. The number of aliphatic hydroxyl groups excluding tert-OH is 1. The van der Waals surface area contributed by atoms with Gasteiger partial charge < -0.3 is 46.6 Å². The van der Waals surface area contributed by atoms with Gasteiger partial charge in [0.1, 0.15) is 82.0 Å². The van der Waals surface area contributed by atoms with Crippen molar-refractivity contribution in [1.82, 2.24) is 66.5 Å². The molecule has 0 spiro atoms. The number of hydrogen-bond acceptors (Lipinski definition) is 24. The van der Waals surface area contributed by atoms with E-state index in [-0.39, 0.29) is 64.1 Å². The highest BCUT2D eigenvalue weighted by atomic mass is 32.1. The molecule has 6 amide bonds. The fourth-order valence-electron chi connectivity index (χ4n) is 10.5. The molecule has 480 valence electrons. The van der Waals surface area contributed by atoms with Crippen molar-refractivity contribution in [3.8, 4) is 43.4 Å². The van der Waals surface area contributed by atoms with Crippen molar-refractivity contribution in [3.05, 3.63) is 135 Å². The molecule has 1 aliphatic heterocycles. The minimum atomic E-state index is -1.32. The second kappa shape index (κ2) is 28.5. The largest absolute Gasteiger partial charge is 0.481 e. The summed E-state index contributed by atoms with van der Waals surface area (Å²) >= 11 is 6.97. The SMILES string of the molecule is CNC(=O)C[C@@H]1NC(=O)c2csc(n2)-c2ccc(-c3nc(N(C(=O)C4CCC(C(=O)O)CC4)c4ccc(C(=O)O)nc4)cs3)nc2-c2csc(n2)-c2csc(n2)[C@H]([C@@H](O)c2ccccc2)NC(=O)CNC(=O)c2nc(sc2COC)[C@H](C(C)C)NC(=O)c2nc1sc2C. The molecule has 4 atom stereocenters. The van der Waals surface area contributed by atoms with Crippen LogP contribution in [0, 0.1) is 24.7 Å². The van der Waals surface area contributed by atoms with Crippen molar-refractivity contribution in [2.75, 3.05) is 25.6 Å². The number of aryl methyl sites for hydroxylation is 1. The number of benzene rings is 1. The molecule has 11 rings (SSSR count). The van der Waals surface area contributed by atoms with Gasteiger partial charge in [0.05, 0.1) is 60.0 Å². The molecular formula is C61H58N14O12S6. The predicted molar refractivity (Wildman–Crippen MR) is 348 cm³/mol. The summed E-state index contributed by atoms with van der Waals surface area (Å²) in [6.07, 6.45) is 0.891. The van der Waals surface area contributed by atoms with E-state index in [9.17, 15) is 53.7 Å². The molecule has 1 fully saturated rings. The molecule has 8 aromatic heterocycles. The summed E-state index contributed by atoms with van der Waals surface area (Å²) in [5.74, 6) is -6.83. The number of ether oxygens (including phenoxy) is 1. The van der Waals surface area contributed by atoms with Crippen LogP contribution in [0.25, 0.3) is 43.4 Å². The predicted octanol–water partition coefficient (Wildman–Crippen LogP) is 8.96. The van der Waals surface area contributed by atoms with Crippen LogP contribution in [-0.4, -0.2) is 123 Å². The minimum absolute atomic E-state index is 0.0168. The lowest BCUT2D eigenvalue weighted by Gasteiger charge is -2.30. The van der Waals surface area contributed by atoms with Crippen LogP contribution < -0.4 is 31.5 Å². The van der Waals surface area contributed by atoms with Crippen LogP contribution in [-0.2, 0) is 30.5 Å². The monoisotopic (exact) mass is 1370 g/mol. The van der Waals surface area contributed by atoms with Gasteiger partial charge in [-0.1, -0.05) is 44.2 Å². The Kier molecular flexibility index (Phi) is 20.0. The Morgan fingerprint density at radius 2 is 1.38 bits per heavy atom. The molecule has 26 nitrogen and oxygen atoms in total. The number of fused-ring (bicyclic) bond motifs is 14. The number of methoxy groups -OCH3 is 1. The molecule has 93 heavy (non-hydrogen) atoms. The maximum absolute atomic E-state index is 14.6. The van der Waals surface area contributed by atoms with E-state index in [1.54, 1.807) is 70.9 Å². The summed E-state index contributed by atoms with van der Waals surface area (Å²) in [6.45, 7) is 4.88. The van der Waals surface area contributed by atoms with E-state index >= 15 is 0 Å². The molecule has 10 bridgehead atoms. The van der Waals surface area contributed by atoms with E-state index in [0.29, 0.717) is 94.4 Å². The molecule has 0 unspecified atom stereocenters. The minimum Gasteiger partial charge on any atom is -0.481 e. The zero-order valence-corrected chi connectivity index (χ0v) is 55.0. The van der Waals surface area contributed by atoms with Crippen LogP contribution in [0.2, 0.25) is 0 Å². The molecule has 32 heteroatoms. The van der Waals surface area contributed by atoms with Crippen LogP contribution >= 0.6 is 68.0 Å². The number of pyridine rings is 2. The van der Waals surface area contributed by atoms with E-state index in [1.165, 1.54) is 60.1 Å². The number of aromatic carboxylic acids is 1. The molecule has 0 radical (unpaired) electrons. The number of aliphatic carboxylic acids is 1. The number of hydrogen-bond donors (Lipinski definition) is 8. The van der Waals surface area contributed by atoms with Gasteiger partial charge in [0.25, 0.3) is 17.7 Å². The zero-order valence-electron chi connectivity index (χ0n) is 50.1. The van der Waals surface area contributed by atoms with E-state index in [0.717, 1.165) is 45.3 Å². The van der Waals surface area contributed by atoms with Crippen LogP contribution in [0.1, 0.15) is 142 Å². The van der Waals surface area contributed by atoms with E-state index in [1.807, 2.05) is 13.8 Å². The van der Waals surface area contributed by atoms with Crippen molar-refractivity contribution in [1.29, 1.82) is 0 Å². The summed E-state index contributed by atoms with van der Waals surface area (Å²) in [5.41, 5.74) is 2.26. The standard InChI is InChI=1S/C61H58N14O12S6/c1-27(2)44-58-74-47(40(93-58)22-87-5)51(80)64-21-43(77)71-48(49(78)29-9-7-6-8-10-29)57-69-39(25-90-57)55-67-37(23-89-55)46-33(53-68-38(24-88-53)50(79)66-36(19-42(76)62-4)56-73-45(28(3)92-56)52(81)72-44)16-18-34(65-46)54-70-41(26-91-54)75(32-15-17-35(61(85)86)63-20-32)59(82)30-11-13-31(14-12-30)60(83)84/h6-10,15-18,20,23-27,30-31,36,44,48-49,78H,11-14,19,21-22H2,1-5H3,(H,62,76)(H,64,80)(H,66,79)(H,71,77)(H,72,81)(H,83,84)(H,85,86)/t30?,31?,36-,44-,48-,49-/m0/s1. The van der Waals surface area contributed by atoms with Crippen molar-refractivity contribution in [3.63, 3.8) is 0 Å². The number of amides is 6. The molecule has 8 N–H and O–H groups in total. The molecular weight excluding hydrogens is 1310 g/mol. The number of nitrogens with one attached hydrogen (secondary N) is 5. The first-order valence-corrected chi connectivity index (χ1v) is 34.1. The molecule has 0 saturated heterocycles. The number of nitrogens with zero attached hydrogens (tertiary/aromatic N) is 9. The molecule has 9 aromatic rings. The van der Waals surface area contributed by atoms with Crippen molar-refractivity contribution >= 4 is 127 Å². The van der Waals surface area contributed by atoms with Crippen LogP contribution in [0.3, 0.4) is 0 Å². The summed E-state index contributed by atoms with van der Waals surface area (Å²) in [7, 11) is 2.92. The normalized spacial score (nSPS) is 18.3. The smallest absolute Gasteiger partial charge is 0.354 e. The molecule has 1 aromatic carbocycles. The van der Waals surface area contributed by atoms with Gasteiger partial charge >= 0.3 is 11.9 Å². The molecule has 9 heterocycles. The third kappa shape index (κ3) is 14.5. The maximum Gasteiger partial charge on any atom is 0.354 e. The first-order chi connectivity index (χ1) is 44.7. The number of aromatic nitrogens is 8. The fraction of sp³-hybridized carbons (Fsp3) is 0.311. The molecule has 1 saturated carbocycles. The fourth-order valence-corrected chi connectivity index (χ4v) is 16.0. The first kappa shape index (κ1) is 65.5. The lowest BCUT2D eigenvalue weighted by Crippen LogP contribution is -2.40. The van der Waals surface area contributed by atoms with Crippen molar-refractivity contribution in [2.45, 2.75) is 83.7 Å². The summed E-state index contributed by atoms with van der Waals surface area (Å²) < 4.78 is 5.46. The highest BCUT2D eigenvalue weighted by molar-refractivity contribution is 7.15. The average molecular weight is 1370 g/mol. The maximum atomic E-state index is 14.6. The Morgan fingerprint density at radius 3 is 2.09 bits per heavy atom. The van der Waals surface area contributed by atoms with Crippen LogP contribution in [0.5, 0.6) is 0 Å². The van der Waals surface area contributed by atoms with Crippen LogP contribution in [0.4, 0.5) is 11.5 Å². The summed E-state index contributed by atoms with van der Waals surface area (Å²) in [5, 5.41) is 54.2. The highest BCUT2D eigenvalue weighted by Gasteiger charge is 2.36. The van der Waals surface area contributed by atoms with Gasteiger partial charge in [0, 0.05) is 52.0 Å². The lowest BCUT2D eigenvalue weighted by molar-refractivity contribution is -0.144. The van der Waals surface area contributed by atoms with Crippen molar-refractivity contribution < 1.29 is 58.4 Å². The average Bonchev–Trinajstić information content (AvgIpc) is 1.88. The highest BCUT2D eigenvalue weighted by Crippen LogP contribution is 2.42. The molecule has 1 aliphatic carbocycles.